The Hall–Kier alpha value is -2.80. The lowest BCUT2D eigenvalue weighted by Crippen LogP contribution is -2.29. The van der Waals surface area contributed by atoms with Crippen LogP contribution < -0.4 is 10.9 Å². The van der Waals surface area contributed by atoms with Gasteiger partial charge in [0.25, 0.3) is 5.56 Å². The monoisotopic (exact) mass is 451 g/mol. The maximum Gasteiger partial charge on any atom is 0.263 e. The van der Waals surface area contributed by atoms with Crippen molar-refractivity contribution in [2.75, 3.05) is 5.32 Å². The number of hydrogen-bond donors (Lipinski definition) is 1. The summed E-state index contributed by atoms with van der Waals surface area (Å²) in [5, 5.41) is 3.37. The summed E-state index contributed by atoms with van der Waals surface area (Å²) >= 11 is 1.62. The van der Waals surface area contributed by atoms with Gasteiger partial charge >= 0.3 is 0 Å². The molecule has 0 saturated carbocycles. The number of Topliss-reactive ketones (excluding diaryl/α,β-unsaturated/α-hetero) is 1. The van der Waals surface area contributed by atoms with Crippen molar-refractivity contribution < 1.29 is 9.59 Å². The van der Waals surface area contributed by atoms with Crippen molar-refractivity contribution in [3.63, 3.8) is 0 Å². The molecule has 7 heteroatoms. The zero-order valence-electron chi connectivity index (χ0n) is 19.2. The van der Waals surface area contributed by atoms with Gasteiger partial charge in [-0.3, -0.25) is 19.0 Å². The van der Waals surface area contributed by atoms with Gasteiger partial charge in [-0.1, -0.05) is 20.8 Å². The molecule has 2 atom stereocenters. The molecule has 6 nitrogen and oxygen atoms in total. The summed E-state index contributed by atoms with van der Waals surface area (Å²) in [4.78, 5) is 44.3. The molecule has 2 unspecified atom stereocenters. The molecule has 0 saturated heterocycles. The number of ketones is 1. The summed E-state index contributed by atoms with van der Waals surface area (Å²) in [6.07, 6.45) is 4.42. The van der Waals surface area contributed by atoms with E-state index in [2.05, 4.69) is 31.1 Å². The number of carbonyl (C=O) groups is 2. The van der Waals surface area contributed by atoms with Crippen LogP contribution in [0.4, 0.5) is 5.69 Å². The number of thiophene rings is 1. The lowest BCUT2D eigenvalue weighted by molar-refractivity contribution is -0.114. The molecular weight excluding hydrogens is 422 g/mol. The third-order valence-corrected chi connectivity index (χ3v) is 7.67. The summed E-state index contributed by atoms with van der Waals surface area (Å²) in [7, 11) is 0. The fraction of sp³-hybridized carbons (Fsp3) is 0.440. The SMILES string of the molecule is CC(=O)Nc1ccc(C(=O)C(C)n2cnc3sc4c(c3c2=O)CCC(C(C)(C)C)C4)cc1. The zero-order chi connectivity index (χ0) is 23.2. The van der Waals surface area contributed by atoms with E-state index in [1.165, 1.54) is 22.7 Å². The van der Waals surface area contributed by atoms with Crippen molar-refractivity contribution in [2.24, 2.45) is 11.3 Å². The summed E-state index contributed by atoms with van der Waals surface area (Å²) in [5.41, 5.74) is 2.33. The van der Waals surface area contributed by atoms with E-state index in [1.807, 2.05) is 0 Å². The highest BCUT2D eigenvalue weighted by Crippen LogP contribution is 2.42. The lowest BCUT2D eigenvalue weighted by atomic mass is 9.72. The minimum Gasteiger partial charge on any atom is -0.326 e. The molecule has 1 aliphatic carbocycles. The minimum absolute atomic E-state index is 0.141. The van der Waals surface area contributed by atoms with Crippen LogP contribution in [0.3, 0.4) is 0 Å². The Labute approximate surface area is 191 Å². The van der Waals surface area contributed by atoms with Gasteiger partial charge in [-0.05, 0) is 67.3 Å². The Morgan fingerprint density at radius 1 is 1.22 bits per heavy atom. The van der Waals surface area contributed by atoms with Crippen molar-refractivity contribution in [2.45, 2.75) is 59.9 Å². The molecule has 0 bridgehead atoms. The summed E-state index contributed by atoms with van der Waals surface area (Å²) in [6.45, 7) is 9.99. The lowest BCUT2D eigenvalue weighted by Gasteiger charge is -2.33. The molecule has 32 heavy (non-hydrogen) atoms. The first kappa shape index (κ1) is 22.4. The number of nitrogens with one attached hydrogen (secondary N) is 1. The van der Waals surface area contributed by atoms with Gasteiger partial charge < -0.3 is 5.32 Å². The third kappa shape index (κ3) is 4.13. The second-order valence-corrected chi connectivity index (χ2v) is 10.8. The number of anilines is 1. The van der Waals surface area contributed by atoms with Gasteiger partial charge in [-0.15, -0.1) is 11.3 Å². The predicted molar refractivity (Wildman–Crippen MR) is 129 cm³/mol. The van der Waals surface area contributed by atoms with Gasteiger partial charge in [0.05, 0.1) is 17.8 Å². The Kier molecular flexibility index (Phi) is 5.79. The van der Waals surface area contributed by atoms with E-state index in [-0.39, 0.29) is 22.7 Å². The average Bonchev–Trinajstić information content (AvgIpc) is 3.11. The van der Waals surface area contributed by atoms with Crippen LogP contribution in [0, 0.1) is 11.3 Å². The number of aromatic nitrogens is 2. The van der Waals surface area contributed by atoms with Crippen LogP contribution in [-0.4, -0.2) is 21.2 Å². The van der Waals surface area contributed by atoms with E-state index in [9.17, 15) is 14.4 Å². The highest BCUT2D eigenvalue weighted by molar-refractivity contribution is 7.18. The predicted octanol–water partition coefficient (Wildman–Crippen LogP) is 5.01. The highest BCUT2D eigenvalue weighted by atomic mass is 32.1. The summed E-state index contributed by atoms with van der Waals surface area (Å²) < 4.78 is 1.45. The second kappa shape index (κ2) is 8.28. The largest absolute Gasteiger partial charge is 0.326 e. The van der Waals surface area contributed by atoms with E-state index < -0.39 is 6.04 Å². The van der Waals surface area contributed by atoms with E-state index in [0.717, 1.165) is 29.7 Å². The molecule has 2 aromatic heterocycles. The average molecular weight is 452 g/mol. The fourth-order valence-electron chi connectivity index (χ4n) is 4.48. The molecule has 0 aliphatic heterocycles. The smallest absolute Gasteiger partial charge is 0.263 e. The second-order valence-electron chi connectivity index (χ2n) is 9.75. The van der Waals surface area contributed by atoms with Crippen molar-refractivity contribution in [1.29, 1.82) is 0 Å². The molecule has 4 rings (SSSR count). The number of aryl methyl sites for hydroxylation is 1. The number of benzene rings is 1. The molecule has 0 spiro atoms. The highest BCUT2D eigenvalue weighted by Gasteiger charge is 2.32. The number of nitrogens with zero attached hydrogens (tertiary/aromatic N) is 2. The first-order valence-electron chi connectivity index (χ1n) is 11.0. The quantitative estimate of drug-likeness (QED) is 0.565. The molecule has 2 heterocycles. The van der Waals surface area contributed by atoms with Crippen LogP contribution in [0.1, 0.15) is 67.9 Å². The van der Waals surface area contributed by atoms with Gasteiger partial charge in [0.1, 0.15) is 4.83 Å². The summed E-state index contributed by atoms with van der Waals surface area (Å²) in [6, 6.07) is 6.03. The zero-order valence-corrected chi connectivity index (χ0v) is 20.0. The van der Waals surface area contributed by atoms with E-state index in [4.69, 9.17) is 0 Å². The molecular formula is C25H29N3O3S. The van der Waals surface area contributed by atoms with Gasteiger partial charge in [0, 0.05) is 23.1 Å². The van der Waals surface area contributed by atoms with Crippen molar-refractivity contribution in [3.05, 3.63) is 57.0 Å². The van der Waals surface area contributed by atoms with Crippen molar-refractivity contribution >= 4 is 38.9 Å². The van der Waals surface area contributed by atoms with Gasteiger partial charge in [0.15, 0.2) is 5.78 Å². The molecule has 1 N–H and O–H groups in total. The van der Waals surface area contributed by atoms with Crippen molar-refractivity contribution in [3.8, 4) is 0 Å². The first-order valence-corrected chi connectivity index (χ1v) is 11.8. The molecule has 1 aliphatic rings. The van der Waals surface area contributed by atoms with E-state index in [0.29, 0.717) is 22.6 Å². The maximum absolute atomic E-state index is 13.4. The van der Waals surface area contributed by atoms with Crippen LogP contribution in [-0.2, 0) is 17.6 Å². The summed E-state index contributed by atoms with van der Waals surface area (Å²) in [5.74, 6) is 0.252. The Balaban J connectivity index is 1.65. The normalized spacial score (nSPS) is 17.1. The minimum atomic E-state index is -0.674. The molecule has 0 radical (unpaired) electrons. The van der Waals surface area contributed by atoms with Gasteiger partial charge in [-0.25, -0.2) is 4.98 Å². The van der Waals surface area contributed by atoms with Crippen LogP contribution >= 0.6 is 11.3 Å². The third-order valence-electron chi connectivity index (χ3n) is 6.51. The van der Waals surface area contributed by atoms with Gasteiger partial charge in [-0.2, -0.15) is 0 Å². The number of rotatable bonds is 4. The molecule has 1 aromatic carbocycles. The Morgan fingerprint density at radius 3 is 2.53 bits per heavy atom. The number of carbonyl (C=O) groups excluding carboxylic acids is 2. The van der Waals surface area contributed by atoms with Crippen LogP contribution in [0.5, 0.6) is 0 Å². The molecule has 168 valence electrons. The number of hydrogen-bond acceptors (Lipinski definition) is 5. The standard InChI is InChI=1S/C25H29N3O3S/c1-14(22(30)16-6-9-18(10-7-16)27-15(2)29)28-13-26-23-21(24(28)31)19-11-8-17(25(3,4)5)12-20(19)32-23/h6-7,9-10,13-14,17H,8,11-12H2,1-5H3,(H,27,29). The van der Waals surface area contributed by atoms with E-state index in [1.54, 1.807) is 42.5 Å². The van der Waals surface area contributed by atoms with Gasteiger partial charge in [0.2, 0.25) is 5.91 Å². The maximum atomic E-state index is 13.4. The van der Waals surface area contributed by atoms with Crippen LogP contribution in [0.2, 0.25) is 0 Å². The number of amides is 1. The molecule has 0 fully saturated rings. The van der Waals surface area contributed by atoms with Crippen LogP contribution in [0.15, 0.2) is 35.4 Å². The topological polar surface area (TPSA) is 81.1 Å². The first-order chi connectivity index (χ1) is 15.1. The van der Waals surface area contributed by atoms with Crippen LogP contribution in [0.25, 0.3) is 10.2 Å². The Bertz CT molecular complexity index is 1250. The number of fused-ring (bicyclic) bond motifs is 3. The van der Waals surface area contributed by atoms with Crippen molar-refractivity contribution in [1.82, 2.24) is 9.55 Å². The molecule has 1 amide bonds. The molecule has 3 aromatic rings. The Morgan fingerprint density at radius 2 is 1.91 bits per heavy atom. The van der Waals surface area contributed by atoms with E-state index >= 15 is 0 Å². The fourth-order valence-corrected chi connectivity index (χ4v) is 5.74.